The number of carbonyl (C=O) groups is 2. The fourth-order valence-electron chi connectivity index (χ4n) is 1.58. The van der Waals surface area contributed by atoms with E-state index in [1.54, 1.807) is 12.2 Å². The van der Waals surface area contributed by atoms with Gasteiger partial charge in [-0.25, -0.2) is 0 Å². The molecule has 1 rings (SSSR count). The molecule has 74 valence electrons. The molecule has 0 aromatic carbocycles. The number of hydrogen-bond acceptors (Lipinski definition) is 2. The van der Waals surface area contributed by atoms with Gasteiger partial charge in [-0.1, -0.05) is 18.7 Å². The van der Waals surface area contributed by atoms with Crippen molar-refractivity contribution in [2.45, 2.75) is 12.5 Å². The van der Waals surface area contributed by atoms with Gasteiger partial charge in [-0.2, -0.15) is 0 Å². The van der Waals surface area contributed by atoms with E-state index in [0.29, 0.717) is 6.42 Å². The molecule has 1 saturated heterocycles. The van der Waals surface area contributed by atoms with Gasteiger partial charge in [0, 0.05) is 0 Å². The van der Waals surface area contributed by atoms with Gasteiger partial charge in [0.1, 0.15) is 0 Å². The molecule has 0 saturated carbocycles. The average Bonchev–Trinajstić information content (AvgIpc) is 2.53. The summed E-state index contributed by atoms with van der Waals surface area (Å²) in [6.07, 6.45) is 4.88. The number of likely N-dealkylation sites (tertiary alicyclic amines) is 1. The van der Waals surface area contributed by atoms with Crippen LogP contribution >= 0.6 is 0 Å². The Hall–Kier alpha value is -1.64. The second kappa shape index (κ2) is 4.05. The van der Waals surface area contributed by atoms with E-state index in [0.717, 1.165) is 6.08 Å². The second-order valence-corrected chi connectivity index (χ2v) is 3.13. The van der Waals surface area contributed by atoms with Crippen molar-refractivity contribution in [3.63, 3.8) is 0 Å². The molecule has 14 heavy (non-hydrogen) atoms. The molecule has 1 fully saturated rings. The second-order valence-electron chi connectivity index (χ2n) is 3.13. The standard InChI is InChI=1S/C11H13NO2/c1-4-8-7-9(5-2)12(11(8)14)10(13)6-3/h4-6,8-9H,1-3,7H2/t8-,9+/m0/s1. The normalized spacial score (nSPS) is 26.0. The third-order valence-electron chi connectivity index (χ3n) is 2.35. The zero-order valence-electron chi connectivity index (χ0n) is 7.98. The lowest BCUT2D eigenvalue weighted by atomic mass is 10.1. The van der Waals surface area contributed by atoms with Crippen LogP contribution in [0.15, 0.2) is 38.0 Å². The summed E-state index contributed by atoms with van der Waals surface area (Å²) in [6, 6.07) is -0.226. The summed E-state index contributed by atoms with van der Waals surface area (Å²) in [7, 11) is 0. The van der Waals surface area contributed by atoms with Crippen LogP contribution in [0.5, 0.6) is 0 Å². The Morgan fingerprint density at radius 3 is 2.43 bits per heavy atom. The quantitative estimate of drug-likeness (QED) is 0.498. The highest BCUT2D eigenvalue weighted by atomic mass is 16.2. The summed E-state index contributed by atoms with van der Waals surface area (Å²) in [5, 5.41) is 0. The Labute approximate surface area is 83.4 Å². The van der Waals surface area contributed by atoms with Gasteiger partial charge >= 0.3 is 0 Å². The summed E-state index contributed by atoms with van der Waals surface area (Å²) in [4.78, 5) is 24.2. The first-order valence-corrected chi connectivity index (χ1v) is 4.40. The van der Waals surface area contributed by atoms with Crippen molar-refractivity contribution < 1.29 is 9.59 Å². The van der Waals surface area contributed by atoms with E-state index in [9.17, 15) is 9.59 Å². The van der Waals surface area contributed by atoms with Crippen molar-refractivity contribution in [1.29, 1.82) is 0 Å². The van der Waals surface area contributed by atoms with Crippen LogP contribution in [0.25, 0.3) is 0 Å². The van der Waals surface area contributed by atoms with Gasteiger partial charge in [0.15, 0.2) is 0 Å². The molecule has 3 nitrogen and oxygen atoms in total. The van der Waals surface area contributed by atoms with Gasteiger partial charge in [-0.15, -0.1) is 13.2 Å². The van der Waals surface area contributed by atoms with Crippen LogP contribution in [0.4, 0.5) is 0 Å². The minimum Gasteiger partial charge on any atom is -0.274 e. The average molecular weight is 191 g/mol. The maximum atomic E-state index is 11.6. The van der Waals surface area contributed by atoms with Crippen molar-refractivity contribution in [3.8, 4) is 0 Å². The molecule has 0 spiro atoms. The first kappa shape index (κ1) is 10.4. The molecule has 1 aliphatic rings. The highest BCUT2D eigenvalue weighted by Gasteiger charge is 2.38. The predicted octanol–water partition coefficient (Wildman–Crippen LogP) is 1.29. The molecule has 2 atom stereocenters. The van der Waals surface area contributed by atoms with E-state index in [2.05, 4.69) is 19.7 Å². The Kier molecular flexibility index (Phi) is 3.02. The van der Waals surface area contributed by atoms with Gasteiger partial charge in [0.25, 0.3) is 5.91 Å². The molecule has 0 unspecified atom stereocenters. The van der Waals surface area contributed by atoms with E-state index in [1.165, 1.54) is 4.90 Å². The zero-order valence-corrected chi connectivity index (χ0v) is 7.98. The first-order chi connectivity index (χ1) is 6.65. The molecule has 0 bridgehead atoms. The van der Waals surface area contributed by atoms with Gasteiger partial charge in [-0.05, 0) is 12.5 Å². The van der Waals surface area contributed by atoms with E-state index >= 15 is 0 Å². The molecule has 1 aliphatic heterocycles. The van der Waals surface area contributed by atoms with Crippen LogP contribution in [0.3, 0.4) is 0 Å². The lowest BCUT2D eigenvalue weighted by Gasteiger charge is -2.17. The third-order valence-corrected chi connectivity index (χ3v) is 2.35. The molecular formula is C11H13NO2. The van der Waals surface area contributed by atoms with Crippen molar-refractivity contribution in [1.82, 2.24) is 4.90 Å². The van der Waals surface area contributed by atoms with Crippen LogP contribution < -0.4 is 0 Å². The number of carbonyl (C=O) groups excluding carboxylic acids is 2. The lowest BCUT2D eigenvalue weighted by Crippen LogP contribution is -2.37. The molecule has 0 aromatic rings. The third kappa shape index (κ3) is 1.53. The Balaban J connectivity index is 2.96. The summed E-state index contributed by atoms with van der Waals surface area (Å²) < 4.78 is 0. The Bertz CT molecular complexity index is 306. The molecule has 2 amide bonds. The molecule has 0 N–H and O–H groups in total. The largest absolute Gasteiger partial charge is 0.274 e. The highest BCUT2D eigenvalue weighted by molar-refractivity contribution is 6.03. The van der Waals surface area contributed by atoms with Gasteiger partial charge in [0.05, 0.1) is 12.0 Å². The van der Waals surface area contributed by atoms with E-state index < -0.39 is 0 Å². The van der Waals surface area contributed by atoms with Crippen molar-refractivity contribution in [2.24, 2.45) is 5.92 Å². The topological polar surface area (TPSA) is 37.4 Å². The molecule has 0 aliphatic carbocycles. The molecule has 0 aromatic heterocycles. The fourth-order valence-corrected chi connectivity index (χ4v) is 1.58. The summed E-state index contributed by atoms with van der Waals surface area (Å²) in [5.41, 5.74) is 0. The van der Waals surface area contributed by atoms with Crippen LogP contribution in [0.1, 0.15) is 6.42 Å². The monoisotopic (exact) mass is 191 g/mol. The smallest absolute Gasteiger partial charge is 0.253 e. The number of hydrogen-bond donors (Lipinski definition) is 0. The lowest BCUT2D eigenvalue weighted by molar-refractivity contribution is -0.141. The molecule has 3 heteroatoms. The number of imide groups is 1. The van der Waals surface area contributed by atoms with Crippen molar-refractivity contribution in [3.05, 3.63) is 38.0 Å². The van der Waals surface area contributed by atoms with E-state index in [-0.39, 0.29) is 23.8 Å². The number of nitrogens with zero attached hydrogens (tertiary/aromatic N) is 1. The summed E-state index contributed by atoms with van der Waals surface area (Å²) >= 11 is 0. The maximum absolute atomic E-state index is 11.6. The van der Waals surface area contributed by atoms with Crippen LogP contribution in [0, 0.1) is 5.92 Å². The molecule has 0 radical (unpaired) electrons. The molecule has 1 heterocycles. The molecular weight excluding hydrogens is 178 g/mol. The van der Waals surface area contributed by atoms with E-state index in [1.807, 2.05) is 0 Å². The minimum atomic E-state index is -0.371. The number of rotatable bonds is 3. The Morgan fingerprint density at radius 2 is 2.00 bits per heavy atom. The summed E-state index contributed by atoms with van der Waals surface area (Å²) in [5.74, 6) is -0.860. The number of amides is 2. The van der Waals surface area contributed by atoms with Crippen LogP contribution in [-0.4, -0.2) is 22.8 Å². The van der Waals surface area contributed by atoms with Crippen LogP contribution in [0.2, 0.25) is 0 Å². The van der Waals surface area contributed by atoms with E-state index in [4.69, 9.17) is 0 Å². The zero-order chi connectivity index (χ0) is 10.7. The van der Waals surface area contributed by atoms with Gasteiger partial charge < -0.3 is 0 Å². The fraction of sp³-hybridized carbons (Fsp3) is 0.273. The van der Waals surface area contributed by atoms with Crippen LogP contribution in [-0.2, 0) is 9.59 Å². The highest BCUT2D eigenvalue weighted by Crippen LogP contribution is 2.26. The SMILES string of the molecule is C=CC(=O)N1C(=O)[C@@H](C=C)C[C@H]1C=C. The van der Waals surface area contributed by atoms with Gasteiger partial charge in [-0.3, -0.25) is 14.5 Å². The van der Waals surface area contributed by atoms with Crippen molar-refractivity contribution in [2.75, 3.05) is 0 Å². The minimum absolute atomic E-state index is 0.213. The van der Waals surface area contributed by atoms with Crippen molar-refractivity contribution >= 4 is 11.8 Å². The summed E-state index contributed by atoms with van der Waals surface area (Å²) in [6.45, 7) is 10.5. The maximum Gasteiger partial charge on any atom is 0.253 e. The Morgan fingerprint density at radius 1 is 1.36 bits per heavy atom. The predicted molar refractivity (Wildman–Crippen MR) is 54.3 cm³/mol. The van der Waals surface area contributed by atoms with Gasteiger partial charge in [0.2, 0.25) is 5.91 Å². The first-order valence-electron chi connectivity index (χ1n) is 4.40.